The van der Waals surface area contributed by atoms with Gasteiger partial charge in [0.25, 0.3) is 11.8 Å². The number of halogens is 2. The lowest BCUT2D eigenvalue weighted by molar-refractivity contribution is -0.149. The Balaban J connectivity index is 1.61. The molecule has 1 atom stereocenters. The summed E-state index contributed by atoms with van der Waals surface area (Å²) in [6.45, 7) is 0.268. The van der Waals surface area contributed by atoms with Crippen LogP contribution >= 0.6 is 0 Å². The Morgan fingerprint density at radius 3 is 2.46 bits per heavy atom. The lowest BCUT2D eigenvalue weighted by atomic mass is 10.0. The van der Waals surface area contributed by atoms with Crippen LogP contribution in [0.25, 0.3) is 0 Å². The van der Waals surface area contributed by atoms with Crippen LogP contribution in [0.2, 0.25) is 0 Å². The van der Waals surface area contributed by atoms with Gasteiger partial charge in [0.1, 0.15) is 11.6 Å². The van der Waals surface area contributed by atoms with Crippen molar-refractivity contribution in [2.24, 2.45) is 0 Å². The van der Waals surface area contributed by atoms with E-state index in [2.05, 4.69) is 5.32 Å². The summed E-state index contributed by atoms with van der Waals surface area (Å²) in [5.41, 5.74) is -1.15. The number of rotatable bonds is 5. The molecule has 0 bridgehead atoms. The molecule has 3 rings (SSSR count). The highest BCUT2D eigenvalue weighted by molar-refractivity contribution is 6.16. The van der Waals surface area contributed by atoms with Gasteiger partial charge in [-0.05, 0) is 36.2 Å². The SMILES string of the molecule is O=C(NCCc1cc(F)cc(F)c1)C1(O)CCN(c2ccccc2)C1=O. The molecule has 136 valence electrons. The van der Waals surface area contributed by atoms with Crippen LogP contribution in [-0.2, 0) is 16.0 Å². The summed E-state index contributed by atoms with van der Waals surface area (Å²) in [6.07, 6.45) is 0.147. The largest absolute Gasteiger partial charge is 0.372 e. The summed E-state index contributed by atoms with van der Waals surface area (Å²) in [4.78, 5) is 26.2. The summed E-state index contributed by atoms with van der Waals surface area (Å²) in [5.74, 6) is -2.89. The highest BCUT2D eigenvalue weighted by atomic mass is 19.1. The Labute approximate surface area is 149 Å². The average molecular weight is 360 g/mol. The van der Waals surface area contributed by atoms with Crippen LogP contribution in [0, 0.1) is 11.6 Å². The molecule has 1 saturated heterocycles. The number of hydrogen-bond acceptors (Lipinski definition) is 3. The molecule has 2 N–H and O–H groups in total. The molecule has 2 aromatic carbocycles. The van der Waals surface area contributed by atoms with Gasteiger partial charge in [0, 0.05) is 31.3 Å². The molecule has 1 aliphatic rings. The first-order valence-corrected chi connectivity index (χ1v) is 8.23. The van der Waals surface area contributed by atoms with Gasteiger partial charge in [0.2, 0.25) is 5.60 Å². The monoisotopic (exact) mass is 360 g/mol. The minimum Gasteiger partial charge on any atom is -0.372 e. The summed E-state index contributed by atoms with van der Waals surface area (Å²) >= 11 is 0. The van der Waals surface area contributed by atoms with Crippen LogP contribution in [0.5, 0.6) is 0 Å². The minimum atomic E-state index is -2.14. The van der Waals surface area contributed by atoms with Crippen LogP contribution < -0.4 is 10.2 Å². The summed E-state index contributed by atoms with van der Waals surface area (Å²) in [6, 6.07) is 11.9. The Morgan fingerprint density at radius 1 is 1.15 bits per heavy atom. The van der Waals surface area contributed by atoms with Crippen molar-refractivity contribution < 1.29 is 23.5 Å². The van der Waals surface area contributed by atoms with E-state index in [9.17, 15) is 23.5 Å². The molecule has 7 heteroatoms. The zero-order valence-electron chi connectivity index (χ0n) is 13.9. The van der Waals surface area contributed by atoms with Crippen LogP contribution in [0.3, 0.4) is 0 Å². The van der Waals surface area contributed by atoms with E-state index in [-0.39, 0.29) is 25.9 Å². The number of para-hydroxylation sites is 1. The first-order valence-electron chi connectivity index (χ1n) is 8.23. The number of hydrogen-bond donors (Lipinski definition) is 2. The number of nitrogens with zero attached hydrogens (tertiary/aromatic N) is 1. The zero-order valence-corrected chi connectivity index (χ0v) is 13.9. The topological polar surface area (TPSA) is 69.6 Å². The van der Waals surface area contributed by atoms with Crippen molar-refractivity contribution in [3.05, 3.63) is 65.7 Å². The van der Waals surface area contributed by atoms with E-state index < -0.39 is 29.0 Å². The standard InChI is InChI=1S/C19H18F2N2O3/c20-14-10-13(11-15(21)12-14)6-8-22-17(24)19(26)7-9-23(18(19)25)16-4-2-1-3-5-16/h1-5,10-12,26H,6-9H2,(H,22,24). The molecular formula is C19H18F2N2O3. The minimum absolute atomic E-state index is 0.0266. The second kappa shape index (κ2) is 7.21. The van der Waals surface area contributed by atoms with Gasteiger partial charge in [-0.15, -0.1) is 0 Å². The van der Waals surface area contributed by atoms with E-state index >= 15 is 0 Å². The average Bonchev–Trinajstić information content (AvgIpc) is 2.91. The smallest absolute Gasteiger partial charge is 0.268 e. The normalized spacial score (nSPS) is 19.7. The van der Waals surface area contributed by atoms with Gasteiger partial charge in [-0.25, -0.2) is 8.78 Å². The van der Waals surface area contributed by atoms with Crippen LogP contribution in [0.4, 0.5) is 14.5 Å². The molecule has 1 heterocycles. The third-order valence-electron chi connectivity index (χ3n) is 4.36. The predicted octanol–water partition coefficient (Wildman–Crippen LogP) is 1.79. The fourth-order valence-electron chi connectivity index (χ4n) is 2.99. The lowest BCUT2D eigenvalue weighted by Crippen LogP contribution is -2.52. The van der Waals surface area contributed by atoms with Crippen molar-refractivity contribution in [2.75, 3.05) is 18.0 Å². The van der Waals surface area contributed by atoms with E-state index in [1.807, 2.05) is 0 Å². The molecule has 1 aliphatic heterocycles. The summed E-state index contributed by atoms with van der Waals surface area (Å²) in [5, 5.41) is 13.0. The molecule has 0 saturated carbocycles. The Bertz CT molecular complexity index is 809. The van der Waals surface area contributed by atoms with Crippen molar-refractivity contribution in [1.82, 2.24) is 5.32 Å². The lowest BCUT2D eigenvalue weighted by Gasteiger charge is -2.21. The Hall–Kier alpha value is -2.80. The van der Waals surface area contributed by atoms with Crippen molar-refractivity contribution in [2.45, 2.75) is 18.4 Å². The molecule has 5 nitrogen and oxygen atoms in total. The third kappa shape index (κ3) is 3.57. The van der Waals surface area contributed by atoms with E-state index in [0.29, 0.717) is 11.3 Å². The van der Waals surface area contributed by atoms with Crippen LogP contribution in [0.15, 0.2) is 48.5 Å². The maximum absolute atomic E-state index is 13.2. The van der Waals surface area contributed by atoms with Gasteiger partial charge in [-0.1, -0.05) is 18.2 Å². The molecule has 1 unspecified atom stereocenters. The van der Waals surface area contributed by atoms with Crippen LogP contribution in [-0.4, -0.2) is 35.6 Å². The van der Waals surface area contributed by atoms with Crippen molar-refractivity contribution in [1.29, 1.82) is 0 Å². The first-order chi connectivity index (χ1) is 12.4. The van der Waals surface area contributed by atoms with Gasteiger partial charge >= 0.3 is 0 Å². The van der Waals surface area contributed by atoms with E-state index in [4.69, 9.17) is 0 Å². The molecule has 0 radical (unpaired) electrons. The molecule has 2 aromatic rings. The number of carbonyl (C=O) groups excluding carboxylic acids is 2. The van der Waals surface area contributed by atoms with E-state index in [1.54, 1.807) is 30.3 Å². The molecule has 26 heavy (non-hydrogen) atoms. The second-order valence-electron chi connectivity index (χ2n) is 6.19. The van der Waals surface area contributed by atoms with Gasteiger partial charge in [0.05, 0.1) is 0 Å². The number of nitrogens with one attached hydrogen (secondary N) is 1. The number of benzene rings is 2. The van der Waals surface area contributed by atoms with E-state index in [1.165, 1.54) is 17.0 Å². The fourth-order valence-corrected chi connectivity index (χ4v) is 2.99. The van der Waals surface area contributed by atoms with Crippen LogP contribution in [0.1, 0.15) is 12.0 Å². The molecular weight excluding hydrogens is 342 g/mol. The number of amides is 2. The van der Waals surface area contributed by atoms with E-state index in [0.717, 1.165) is 6.07 Å². The summed E-state index contributed by atoms with van der Waals surface area (Å²) in [7, 11) is 0. The summed E-state index contributed by atoms with van der Waals surface area (Å²) < 4.78 is 26.3. The van der Waals surface area contributed by atoms with Crippen molar-refractivity contribution in [3.8, 4) is 0 Å². The highest BCUT2D eigenvalue weighted by Crippen LogP contribution is 2.28. The maximum Gasteiger partial charge on any atom is 0.268 e. The third-order valence-corrected chi connectivity index (χ3v) is 4.36. The zero-order chi connectivity index (χ0) is 18.7. The molecule has 0 aromatic heterocycles. The Morgan fingerprint density at radius 2 is 1.81 bits per heavy atom. The molecule has 0 aliphatic carbocycles. The number of aliphatic hydroxyl groups is 1. The van der Waals surface area contributed by atoms with Crippen molar-refractivity contribution >= 4 is 17.5 Å². The maximum atomic E-state index is 13.2. The highest BCUT2D eigenvalue weighted by Gasteiger charge is 2.51. The Kier molecular flexibility index (Phi) is 4.99. The second-order valence-corrected chi connectivity index (χ2v) is 6.19. The van der Waals surface area contributed by atoms with Gasteiger partial charge in [0.15, 0.2) is 0 Å². The molecule has 0 spiro atoms. The molecule has 2 amide bonds. The van der Waals surface area contributed by atoms with Crippen molar-refractivity contribution in [3.63, 3.8) is 0 Å². The van der Waals surface area contributed by atoms with Gasteiger partial charge in [-0.2, -0.15) is 0 Å². The number of anilines is 1. The van der Waals surface area contributed by atoms with Gasteiger partial charge < -0.3 is 15.3 Å². The fraction of sp³-hybridized carbons (Fsp3) is 0.263. The molecule has 1 fully saturated rings. The van der Waals surface area contributed by atoms with Gasteiger partial charge in [-0.3, -0.25) is 9.59 Å². The quantitative estimate of drug-likeness (QED) is 0.799. The number of carbonyl (C=O) groups is 2. The predicted molar refractivity (Wildman–Crippen MR) is 91.4 cm³/mol. The first kappa shape index (κ1) is 18.0.